The van der Waals surface area contributed by atoms with Gasteiger partial charge in [0.15, 0.2) is 0 Å². The van der Waals surface area contributed by atoms with Gasteiger partial charge in [0.2, 0.25) is 5.91 Å². The molecular formula is C20H23NO2. The van der Waals surface area contributed by atoms with Crippen molar-refractivity contribution < 1.29 is 9.90 Å². The van der Waals surface area contributed by atoms with Gasteiger partial charge < -0.3 is 10.4 Å². The first-order valence-electron chi connectivity index (χ1n) is 8.20. The summed E-state index contributed by atoms with van der Waals surface area (Å²) >= 11 is 0. The van der Waals surface area contributed by atoms with E-state index in [0.29, 0.717) is 6.42 Å². The van der Waals surface area contributed by atoms with Crippen LogP contribution in [0.1, 0.15) is 30.9 Å². The average Bonchev–Trinajstić information content (AvgIpc) is 3.38. The zero-order chi connectivity index (χ0) is 16.3. The standard InChI is InChI=1S/C20H23NO2/c1-15(18(22)14-16-8-4-2-5-9-16)21-19(23)20(12-13-20)17-10-6-3-7-11-17/h2-11,15,18,22H,12-14H2,1H3,(H,21,23). The minimum Gasteiger partial charge on any atom is -0.391 e. The minimum absolute atomic E-state index is 0.0308. The van der Waals surface area contributed by atoms with Crippen LogP contribution < -0.4 is 5.32 Å². The van der Waals surface area contributed by atoms with E-state index in [4.69, 9.17) is 0 Å². The fourth-order valence-electron chi connectivity index (χ4n) is 3.00. The van der Waals surface area contributed by atoms with E-state index in [1.54, 1.807) is 0 Å². The topological polar surface area (TPSA) is 49.3 Å². The van der Waals surface area contributed by atoms with Crippen LogP contribution in [0.5, 0.6) is 0 Å². The van der Waals surface area contributed by atoms with Gasteiger partial charge in [-0.2, -0.15) is 0 Å². The van der Waals surface area contributed by atoms with Crippen LogP contribution in [0.25, 0.3) is 0 Å². The molecule has 1 saturated carbocycles. The predicted molar refractivity (Wildman–Crippen MR) is 91.1 cm³/mol. The lowest BCUT2D eigenvalue weighted by Gasteiger charge is -2.24. The second-order valence-corrected chi connectivity index (χ2v) is 6.47. The van der Waals surface area contributed by atoms with E-state index in [0.717, 1.165) is 24.0 Å². The van der Waals surface area contributed by atoms with E-state index >= 15 is 0 Å². The molecule has 3 heteroatoms. The maximum absolute atomic E-state index is 12.7. The third-order valence-electron chi connectivity index (χ3n) is 4.73. The molecule has 120 valence electrons. The molecule has 3 rings (SSSR count). The van der Waals surface area contributed by atoms with Gasteiger partial charge in [0.25, 0.3) is 0 Å². The number of carbonyl (C=O) groups is 1. The van der Waals surface area contributed by atoms with Crippen LogP contribution >= 0.6 is 0 Å². The first-order chi connectivity index (χ1) is 11.1. The molecule has 2 aromatic rings. The Labute approximate surface area is 137 Å². The van der Waals surface area contributed by atoms with Crippen LogP contribution in [0.15, 0.2) is 60.7 Å². The monoisotopic (exact) mass is 309 g/mol. The number of rotatable bonds is 6. The Morgan fingerprint density at radius 2 is 1.65 bits per heavy atom. The second kappa shape index (κ2) is 6.55. The average molecular weight is 309 g/mol. The van der Waals surface area contributed by atoms with Gasteiger partial charge in [-0.3, -0.25) is 4.79 Å². The van der Waals surface area contributed by atoms with Crippen molar-refractivity contribution in [2.45, 2.75) is 43.7 Å². The molecule has 0 heterocycles. The molecule has 1 fully saturated rings. The quantitative estimate of drug-likeness (QED) is 0.862. The van der Waals surface area contributed by atoms with E-state index in [-0.39, 0.29) is 17.4 Å². The highest BCUT2D eigenvalue weighted by atomic mass is 16.3. The van der Waals surface area contributed by atoms with Gasteiger partial charge in [0, 0.05) is 6.42 Å². The second-order valence-electron chi connectivity index (χ2n) is 6.47. The van der Waals surface area contributed by atoms with Gasteiger partial charge in [0.1, 0.15) is 0 Å². The summed E-state index contributed by atoms with van der Waals surface area (Å²) in [5.41, 5.74) is 1.76. The van der Waals surface area contributed by atoms with Crippen LogP contribution in [-0.4, -0.2) is 23.2 Å². The van der Waals surface area contributed by atoms with Crippen molar-refractivity contribution >= 4 is 5.91 Å². The lowest BCUT2D eigenvalue weighted by Crippen LogP contribution is -2.46. The number of aliphatic hydroxyl groups excluding tert-OH is 1. The molecule has 3 nitrogen and oxygen atoms in total. The molecular weight excluding hydrogens is 286 g/mol. The number of aliphatic hydroxyl groups is 1. The van der Waals surface area contributed by atoms with Crippen molar-refractivity contribution in [1.82, 2.24) is 5.32 Å². The molecule has 2 N–H and O–H groups in total. The van der Waals surface area contributed by atoms with E-state index in [2.05, 4.69) is 5.32 Å². The lowest BCUT2D eigenvalue weighted by atomic mass is 9.94. The molecule has 1 aliphatic carbocycles. The molecule has 23 heavy (non-hydrogen) atoms. The highest BCUT2D eigenvalue weighted by molar-refractivity contribution is 5.91. The minimum atomic E-state index is -0.590. The summed E-state index contributed by atoms with van der Waals surface area (Å²) in [5.74, 6) is 0.0308. The summed E-state index contributed by atoms with van der Waals surface area (Å²) in [5, 5.41) is 13.4. The number of hydrogen-bond acceptors (Lipinski definition) is 2. The van der Waals surface area contributed by atoms with Gasteiger partial charge >= 0.3 is 0 Å². The number of amides is 1. The van der Waals surface area contributed by atoms with Crippen LogP contribution in [0, 0.1) is 0 Å². The maximum atomic E-state index is 12.7. The van der Waals surface area contributed by atoms with Crippen molar-refractivity contribution in [3.05, 3.63) is 71.8 Å². The normalized spacial score (nSPS) is 18.0. The largest absolute Gasteiger partial charge is 0.391 e. The van der Waals surface area contributed by atoms with Gasteiger partial charge in [-0.1, -0.05) is 60.7 Å². The van der Waals surface area contributed by atoms with Crippen molar-refractivity contribution in [3.8, 4) is 0 Å². The third kappa shape index (κ3) is 3.45. The summed E-state index contributed by atoms with van der Waals surface area (Å²) in [6.45, 7) is 1.87. The van der Waals surface area contributed by atoms with Gasteiger partial charge in [-0.25, -0.2) is 0 Å². The summed E-state index contributed by atoms with van der Waals surface area (Å²) < 4.78 is 0. The Morgan fingerprint density at radius 1 is 1.09 bits per heavy atom. The fourth-order valence-corrected chi connectivity index (χ4v) is 3.00. The van der Waals surface area contributed by atoms with Gasteiger partial charge in [0.05, 0.1) is 17.6 Å². The highest BCUT2D eigenvalue weighted by Gasteiger charge is 2.51. The molecule has 1 aliphatic rings. The molecule has 2 atom stereocenters. The number of carbonyl (C=O) groups excluding carboxylic acids is 1. The Balaban J connectivity index is 1.61. The molecule has 0 bridgehead atoms. The fraction of sp³-hybridized carbons (Fsp3) is 0.350. The Morgan fingerprint density at radius 3 is 2.22 bits per heavy atom. The summed E-state index contributed by atoms with van der Waals surface area (Å²) in [6, 6.07) is 19.5. The molecule has 0 aliphatic heterocycles. The van der Waals surface area contributed by atoms with Gasteiger partial charge in [-0.05, 0) is 30.9 Å². The summed E-state index contributed by atoms with van der Waals surface area (Å²) in [6.07, 6.45) is 1.71. The smallest absolute Gasteiger partial charge is 0.230 e. The van der Waals surface area contributed by atoms with Crippen LogP contribution in [0.3, 0.4) is 0 Å². The number of hydrogen-bond donors (Lipinski definition) is 2. The SMILES string of the molecule is CC(NC(=O)C1(c2ccccc2)CC1)C(O)Cc1ccccc1. The molecule has 0 aromatic heterocycles. The van der Waals surface area contributed by atoms with Crippen LogP contribution in [-0.2, 0) is 16.6 Å². The molecule has 2 aromatic carbocycles. The van der Waals surface area contributed by atoms with Crippen molar-refractivity contribution in [2.24, 2.45) is 0 Å². The van der Waals surface area contributed by atoms with E-state index < -0.39 is 6.10 Å². The first kappa shape index (κ1) is 15.8. The van der Waals surface area contributed by atoms with Crippen LogP contribution in [0.2, 0.25) is 0 Å². The van der Waals surface area contributed by atoms with E-state index in [1.165, 1.54) is 0 Å². The zero-order valence-corrected chi connectivity index (χ0v) is 13.4. The Bertz CT molecular complexity index is 650. The predicted octanol–water partition coefficient (Wildman–Crippen LogP) is 2.83. The lowest BCUT2D eigenvalue weighted by molar-refractivity contribution is -0.125. The third-order valence-corrected chi connectivity index (χ3v) is 4.73. The van der Waals surface area contributed by atoms with E-state index in [9.17, 15) is 9.90 Å². The highest BCUT2D eigenvalue weighted by Crippen LogP contribution is 2.48. The molecule has 0 saturated heterocycles. The Kier molecular flexibility index (Phi) is 4.49. The van der Waals surface area contributed by atoms with Crippen molar-refractivity contribution in [1.29, 1.82) is 0 Å². The number of benzene rings is 2. The molecule has 0 spiro atoms. The zero-order valence-electron chi connectivity index (χ0n) is 13.4. The van der Waals surface area contributed by atoms with Crippen LogP contribution in [0.4, 0.5) is 0 Å². The summed E-state index contributed by atoms with van der Waals surface area (Å²) in [7, 11) is 0. The van der Waals surface area contributed by atoms with Gasteiger partial charge in [-0.15, -0.1) is 0 Å². The molecule has 1 amide bonds. The Hall–Kier alpha value is -2.13. The first-order valence-corrected chi connectivity index (χ1v) is 8.20. The van der Waals surface area contributed by atoms with Crippen molar-refractivity contribution in [2.75, 3.05) is 0 Å². The maximum Gasteiger partial charge on any atom is 0.230 e. The van der Waals surface area contributed by atoms with Crippen molar-refractivity contribution in [3.63, 3.8) is 0 Å². The van der Waals surface area contributed by atoms with E-state index in [1.807, 2.05) is 67.6 Å². The molecule has 2 unspecified atom stereocenters. The summed E-state index contributed by atoms with van der Waals surface area (Å²) in [4.78, 5) is 12.7. The molecule has 0 radical (unpaired) electrons. The number of nitrogens with one attached hydrogen (secondary N) is 1.